The molecule has 3 aromatic carbocycles. The summed E-state index contributed by atoms with van der Waals surface area (Å²) in [5.74, 6) is -0.543. The van der Waals surface area contributed by atoms with Crippen molar-refractivity contribution in [1.29, 1.82) is 0 Å². The van der Waals surface area contributed by atoms with Gasteiger partial charge in [-0.3, -0.25) is 0 Å². The van der Waals surface area contributed by atoms with Crippen molar-refractivity contribution in [1.82, 2.24) is 0 Å². The van der Waals surface area contributed by atoms with Gasteiger partial charge in [0.25, 0.3) is 0 Å². The van der Waals surface area contributed by atoms with Crippen LogP contribution in [-0.4, -0.2) is 11.9 Å². The molecule has 0 aromatic heterocycles. The summed E-state index contributed by atoms with van der Waals surface area (Å²) < 4.78 is 26.5. The highest BCUT2D eigenvalue weighted by atomic mass is 79.9. The molecule has 0 aliphatic carbocycles. The summed E-state index contributed by atoms with van der Waals surface area (Å²) in [5.41, 5.74) is 3.17. The first-order chi connectivity index (χ1) is 14.9. The monoisotopic (exact) mass is 543 g/mol. The summed E-state index contributed by atoms with van der Waals surface area (Å²) in [7, 11) is 0. The van der Waals surface area contributed by atoms with E-state index in [4.69, 9.17) is 9.47 Å². The maximum Gasteiger partial charge on any atom is 0.363 e. The van der Waals surface area contributed by atoms with Crippen LogP contribution in [0.1, 0.15) is 22.3 Å². The van der Waals surface area contributed by atoms with Crippen molar-refractivity contribution in [3.8, 4) is 5.75 Å². The van der Waals surface area contributed by atoms with E-state index in [1.807, 2.05) is 43.3 Å². The van der Waals surface area contributed by atoms with E-state index in [2.05, 4.69) is 36.9 Å². The summed E-state index contributed by atoms with van der Waals surface area (Å²) in [6.45, 7) is 2.45. The number of carbonyl (C=O) groups is 1. The number of rotatable bonds is 5. The highest BCUT2D eigenvalue weighted by Crippen LogP contribution is 2.36. The highest BCUT2D eigenvalue weighted by Gasteiger charge is 2.26. The number of ether oxygens (including phenoxy) is 2. The lowest BCUT2D eigenvalue weighted by atomic mass is 10.1. The van der Waals surface area contributed by atoms with Crippen molar-refractivity contribution in [3.05, 3.63) is 103 Å². The van der Waals surface area contributed by atoms with Crippen molar-refractivity contribution in [3.63, 3.8) is 0 Å². The van der Waals surface area contributed by atoms with Gasteiger partial charge < -0.3 is 9.47 Å². The van der Waals surface area contributed by atoms with E-state index in [9.17, 15) is 9.18 Å². The molecule has 1 aliphatic heterocycles. The van der Waals surface area contributed by atoms with Gasteiger partial charge in [0.1, 0.15) is 18.2 Å². The van der Waals surface area contributed by atoms with Crippen LogP contribution in [0.5, 0.6) is 5.75 Å². The Hall–Kier alpha value is -2.77. The van der Waals surface area contributed by atoms with Crippen LogP contribution in [0, 0.1) is 12.7 Å². The topological polar surface area (TPSA) is 47.9 Å². The number of hydrogen-bond donors (Lipinski definition) is 0. The Labute approximate surface area is 195 Å². The second-order valence-electron chi connectivity index (χ2n) is 6.90. The van der Waals surface area contributed by atoms with E-state index < -0.39 is 11.8 Å². The third kappa shape index (κ3) is 4.94. The SMILES string of the molecule is Cc1ccc(COc2c(Br)cc(/C=C3\N=C(c4ccccc4F)OC3=O)cc2Br)cc1. The number of cyclic esters (lactones) is 1. The van der Waals surface area contributed by atoms with E-state index in [1.165, 1.54) is 17.7 Å². The number of esters is 1. The van der Waals surface area contributed by atoms with Gasteiger partial charge >= 0.3 is 5.97 Å². The predicted molar refractivity (Wildman–Crippen MR) is 124 cm³/mol. The molecule has 156 valence electrons. The normalized spacial score (nSPS) is 14.5. The van der Waals surface area contributed by atoms with Gasteiger partial charge in [0.05, 0.1) is 14.5 Å². The second kappa shape index (κ2) is 9.16. The smallest absolute Gasteiger partial charge is 0.363 e. The molecule has 1 heterocycles. The van der Waals surface area contributed by atoms with Gasteiger partial charge in [0.2, 0.25) is 5.90 Å². The number of aryl methyl sites for hydroxylation is 1. The van der Waals surface area contributed by atoms with Gasteiger partial charge in [-0.2, -0.15) is 0 Å². The van der Waals surface area contributed by atoms with E-state index in [0.29, 0.717) is 26.9 Å². The first-order valence-electron chi connectivity index (χ1n) is 9.35. The number of benzene rings is 3. The standard InChI is InChI=1S/C24H16Br2FNO3/c1-14-6-8-15(9-7-14)13-30-22-18(25)10-16(11-19(22)26)12-21-24(29)31-23(28-21)17-4-2-3-5-20(17)27/h2-12H,13H2,1H3/b21-12-. The van der Waals surface area contributed by atoms with Crippen LogP contribution < -0.4 is 4.74 Å². The molecule has 0 N–H and O–H groups in total. The fourth-order valence-corrected chi connectivity index (χ4v) is 4.41. The largest absolute Gasteiger partial charge is 0.487 e. The summed E-state index contributed by atoms with van der Waals surface area (Å²) in [4.78, 5) is 16.4. The maximum atomic E-state index is 14.0. The zero-order chi connectivity index (χ0) is 22.0. The summed E-state index contributed by atoms with van der Waals surface area (Å²) >= 11 is 7.04. The number of nitrogens with zero attached hydrogens (tertiary/aromatic N) is 1. The molecule has 0 unspecified atom stereocenters. The van der Waals surface area contributed by atoms with E-state index >= 15 is 0 Å². The first kappa shape index (κ1) is 21.5. The lowest BCUT2D eigenvalue weighted by Crippen LogP contribution is -2.07. The van der Waals surface area contributed by atoms with Crippen LogP contribution in [0.4, 0.5) is 4.39 Å². The fraction of sp³-hybridized carbons (Fsp3) is 0.0833. The molecule has 0 bridgehead atoms. The van der Waals surface area contributed by atoms with Gasteiger partial charge in [-0.05, 0) is 80.3 Å². The Morgan fingerprint density at radius 1 is 1.06 bits per heavy atom. The van der Waals surface area contributed by atoms with Crippen LogP contribution >= 0.6 is 31.9 Å². The molecule has 0 atom stereocenters. The molecule has 4 rings (SSSR count). The zero-order valence-corrected chi connectivity index (χ0v) is 19.5. The minimum absolute atomic E-state index is 0.0504. The van der Waals surface area contributed by atoms with Crippen LogP contribution in [0.25, 0.3) is 6.08 Å². The average Bonchev–Trinajstić information content (AvgIpc) is 3.09. The third-order valence-corrected chi connectivity index (χ3v) is 5.73. The minimum Gasteiger partial charge on any atom is -0.487 e. The predicted octanol–water partition coefficient (Wildman–Crippen LogP) is 6.58. The van der Waals surface area contributed by atoms with E-state index in [1.54, 1.807) is 18.2 Å². The summed E-state index contributed by atoms with van der Waals surface area (Å²) in [6.07, 6.45) is 1.58. The van der Waals surface area contributed by atoms with Crippen LogP contribution in [0.15, 0.2) is 80.3 Å². The van der Waals surface area contributed by atoms with Crippen LogP contribution in [0.3, 0.4) is 0 Å². The molecule has 0 saturated heterocycles. The lowest BCUT2D eigenvalue weighted by molar-refractivity contribution is -0.129. The fourth-order valence-electron chi connectivity index (χ4n) is 2.96. The first-order valence-corrected chi connectivity index (χ1v) is 10.9. The summed E-state index contributed by atoms with van der Waals surface area (Å²) in [6, 6.07) is 17.8. The van der Waals surface area contributed by atoms with Crippen molar-refractivity contribution in [2.75, 3.05) is 0 Å². The van der Waals surface area contributed by atoms with E-state index in [0.717, 1.165) is 5.56 Å². The lowest BCUT2D eigenvalue weighted by Gasteiger charge is -2.11. The highest BCUT2D eigenvalue weighted by molar-refractivity contribution is 9.11. The molecule has 31 heavy (non-hydrogen) atoms. The van der Waals surface area contributed by atoms with Gasteiger partial charge in [0.15, 0.2) is 5.70 Å². The molecule has 0 amide bonds. The molecule has 4 nitrogen and oxygen atoms in total. The van der Waals surface area contributed by atoms with Gasteiger partial charge in [-0.25, -0.2) is 14.2 Å². The molecule has 3 aromatic rings. The molecule has 0 spiro atoms. The minimum atomic E-state index is -0.634. The maximum absolute atomic E-state index is 14.0. The number of carbonyl (C=O) groups excluding carboxylic acids is 1. The second-order valence-corrected chi connectivity index (χ2v) is 8.61. The Balaban J connectivity index is 1.56. The molecule has 1 aliphatic rings. The van der Waals surface area contributed by atoms with Crippen LogP contribution in [-0.2, 0) is 16.1 Å². The molecule has 7 heteroatoms. The van der Waals surface area contributed by atoms with Crippen molar-refractivity contribution >= 4 is 49.8 Å². The molecule has 0 fully saturated rings. The van der Waals surface area contributed by atoms with Crippen molar-refractivity contribution in [2.45, 2.75) is 13.5 Å². The van der Waals surface area contributed by atoms with E-state index in [-0.39, 0.29) is 17.2 Å². The van der Waals surface area contributed by atoms with Crippen molar-refractivity contribution in [2.24, 2.45) is 4.99 Å². The Morgan fingerprint density at radius 2 is 1.74 bits per heavy atom. The van der Waals surface area contributed by atoms with Crippen LogP contribution in [0.2, 0.25) is 0 Å². The van der Waals surface area contributed by atoms with Gasteiger partial charge in [-0.1, -0.05) is 42.0 Å². The summed E-state index contributed by atoms with van der Waals surface area (Å²) in [5, 5.41) is 0. The molecule has 0 saturated carbocycles. The Bertz CT molecular complexity index is 1200. The molecular formula is C24H16Br2FNO3. The zero-order valence-electron chi connectivity index (χ0n) is 16.4. The molecule has 0 radical (unpaired) electrons. The molecular weight excluding hydrogens is 529 g/mol. The quantitative estimate of drug-likeness (QED) is 0.269. The Morgan fingerprint density at radius 3 is 2.42 bits per heavy atom. The van der Waals surface area contributed by atoms with Gasteiger partial charge in [0, 0.05) is 0 Å². The number of aliphatic imine (C=N–C) groups is 1. The third-order valence-electron chi connectivity index (χ3n) is 4.55. The number of halogens is 3. The Kier molecular flexibility index (Phi) is 6.34. The average molecular weight is 545 g/mol. The number of hydrogen-bond acceptors (Lipinski definition) is 4. The van der Waals surface area contributed by atoms with Gasteiger partial charge in [-0.15, -0.1) is 0 Å². The van der Waals surface area contributed by atoms with Crippen molar-refractivity contribution < 1.29 is 18.7 Å².